The third kappa shape index (κ3) is 3.26. The zero-order valence-corrected chi connectivity index (χ0v) is 11.4. The maximum atomic E-state index is 11.4. The van der Waals surface area contributed by atoms with Gasteiger partial charge in [-0.3, -0.25) is 0 Å². The number of hydrogen-bond donors (Lipinski definition) is 1. The van der Waals surface area contributed by atoms with Crippen molar-refractivity contribution in [3.8, 4) is 5.75 Å². The van der Waals surface area contributed by atoms with E-state index in [2.05, 4.69) is 0 Å². The monoisotopic (exact) mass is 263 g/mol. The standard InChI is InChI=1S/C15H21NO3/c1-18-14(17)12-5-4-6-13(9-12)19-11-15(10-16)7-2-3-8-15/h4-6,9H,2-3,7-8,10-11,16H2,1H3. The van der Waals surface area contributed by atoms with Crippen molar-refractivity contribution in [1.82, 2.24) is 0 Å². The summed E-state index contributed by atoms with van der Waals surface area (Å²) in [6.45, 7) is 1.28. The minimum absolute atomic E-state index is 0.112. The van der Waals surface area contributed by atoms with E-state index in [-0.39, 0.29) is 11.4 Å². The van der Waals surface area contributed by atoms with Gasteiger partial charge in [-0.25, -0.2) is 4.79 Å². The first kappa shape index (κ1) is 13.9. The van der Waals surface area contributed by atoms with Gasteiger partial charge < -0.3 is 15.2 Å². The van der Waals surface area contributed by atoms with Gasteiger partial charge in [0.25, 0.3) is 0 Å². The van der Waals surface area contributed by atoms with Crippen molar-refractivity contribution in [2.45, 2.75) is 25.7 Å². The van der Waals surface area contributed by atoms with Crippen LogP contribution in [0.15, 0.2) is 24.3 Å². The lowest BCUT2D eigenvalue weighted by Crippen LogP contribution is -2.33. The highest BCUT2D eigenvalue weighted by atomic mass is 16.5. The summed E-state index contributed by atoms with van der Waals surface area (Å²) in [4.78, 5) is 11.4. The number of carbonyl (C=O) groups excluding carboxylic acids is 1. The van der Waals surface area contributed by atoms with E-state index < -0.39 is 0 Å². The third-order valence-corrected chi connectivity index (χ3v) is 3.90. The van der Waals surface area contributed by atoms with Crippen molar-refractivity contribution < 1.29 is 14.3 Å². The van der Waals surface area contributed by atoms with Gasteiger partial charge in [0, 0.05) is 12.0 Å². The quantitative estimate of drug-likeness (QED) is 0.828. The highest BCUT2D eigenvalue weighted by Crippen LogP contribution is 2.37. The SMILES string of the molecule is COC(=O)c1cccc(OCC2(CN)CCCC2)c1. The molecule has 1 saturated carbocycles. The van der Waals surface area contributed by atoms with Crippen molar-refractivity contribution in [2.75, 3.05) is 20.3 Å². The molecule has 0 unspecified atom stereocenters. The molecule has 1 aromatic rings. The lowest BCUT2D eigenvalue weighted by Gasteiger charge is -2.27. The maximum Gasteiger partial charge on any atom is 0.337 e. The number of esters is 1. The Morgan fingerprint density at radius 1 is 1.37 bits per heavy atom. The summed E-state index contributed by atoms with van der Waals surface area (Å²) in [7, 11) is 1.37. The van der Waals surface area contributed by atoms with Crippen molar-refractivity contribution in [2.24, 2.45) is 11.1 Å². The van der Waals surface area contributed by atoms with Crippen LogP contribution in [0.1, 0.15) is 36.0 Å². The van der Waals surface area contributed by atoms with Gasteiger partial charge >= 0.3 is 5.97 Å². The van der Waals surface area contributed by atoms with Gasteiger partial charge in [0.15, 0.2) is 0 Å². The Bertz CT molecular complexity index is 439. The number of benzene rings is 1. The van der Waals surface area contributed by atoms with Crippen molar-refractivity contribution >= 4 is 5.97 Å². The van der Waals surface area contributed by atoms with E-state index in [1.54, 1.807) is 18.2 Å². The second-order valence-corrected chi connectivity index (χ2v) is 5.22. The first-order chi connectivity index (χ1) is 9.19. The Hall–Kier alpha value is -1.55. The Kier molecular flexibility index (Phi) is 4.43. The average Bonchev–Trinajstić information content (AvgIpc) is 2.94. The van der Waals surface area contributed by atoms with Crippen LogP contribution in [-0.4, -0.2) is 26.2 Å². The Balaban J connectivity index is 2.01. The van der Waals surface area contributed by atoms with E-state index in [1.807, 2.05) is 6.07 Å². The summed E-state index contributed by atoms with van der Waals surface area (Å²) >= 11 is 0. The van der Waals surface area contributed by atoms with Gasteiger partial charge in [-0.15, -0.1) is 0 Å². The fourth-order valence-corrected chi connectivity index (χ4v) is 2.60. The first-order valence-electron chi connectivity index (χ1n) is 6.70. The highest BCUT2D eigenvalue weighted by molar-refractivity contribution is 5.89. The average molecular weight is 263 g/mol. The van der Waals surface area contributed by atoms with Crippen molar-refractivity contribution in [3.05, 3.63) is 29.8 Å². The summed E-state index contributed by atoms with van der Waals surface area (Å²) in [5.41, 5.74) is 6.50. The van der Waals surface area contributed by atoms with Gasteiger partial charge in [0.2, 0.25) is 0 Å². The van der Waals surface area contributed by atoms with Crippen molar-refractivity contribution in [1.29, 1.82) is 0 Å². The number of rotatable bonds is 5. The van der Waals surface area contributed by atoms with E-state index in [0.29, 0.717) is 24.5 Å². The van der Waals surface area contributed by atoms with Crippen LogP contribution in [0.2, 0.25) is 0 Å². The lowest BCUT2D eigenvalue weighted by molar-refractivity contribution is 0.0600. The first-order valence-corrected chi connectivity index (χ1v) is 6.70. The fraction of sp³-hybridized carbons (Fsp3) is 0.533. The van der Waals surface area contributed by atoms with E-state index in [4.69, 9.17) is 15.2 Å². The molecule has 19 heavy (non-hydrogen) atoms. The number of nitrogens with two attached hydrogens (primary N) is 1. The van der Waals surface area contributed by atoms with Gasteiger partial charge in [0.05, 0.1) is 19.3 Å². The molecular formula is C15H21NO3. The predicted molar refractivity (Wildman–Crippen MR) is 73.2 cm³/mol. The largest absolute Gasteiger partial charge is 0.493 e. The van der Waals surface area contributed by atoms with Crippen molar-refractivity contribution in [3.63, 3.8) is 0 Å². The predicted octanol–water partition coefficient (Wildman–Crippen LogP) is 2.37. The molecule has 0 heterocycles. The minimum Gasteiger partial charge on any atom is -0.493 e. The second-order valence-electron chi connectivity index (χ2n) is 5.22. The Morgan fingerprint density at radius 3 is 2.74 bits per heavy atom. The number of ether oxygens (including phenoxy) is 2. The molecule has 0 amide bonds. The molecule has 1 aromatic carbocycles. The topological polar surface area (TPSA) is 61.5 Å². The van der Waals surface area contributed by atoms with Crippen LogP contribution in [0.25, 0.3) is 0 Å². The van der Waals surface area contributed by atoms with Crippen LogP contribution in [0, 0.1) is 5.41 Å². The molecular weight excluding hydrogens is 242 g/mol. The zero-order valence-electron chi connectivity index (χ0n) is 11.4. The normalized spacial score (nSPS) is 17.2. The molecule has 2 N–H and O–H groups in total. The molecule has 0 saturated heterocycles. The summed E-state index contributed by atoms with van der Waals surface area (Å²) in [6.07, 6.45) is 4.70. The molecule has 0 aromatic heterocycles. The smallest absolute Gasteiger partial charge is 0.337 e. The van der Waals surface area contributed by atoms with Crippen LogP contribution < -0.4 is 10.5 Å². The molecule has 4 nitrogen and oxygen atoms in total. The van der Waals surface area contributed by atoms with E-state index in [9.17, 15) is 4.79 Å². The lowest BCUT2D eigenvalue weighted by atomic mass is 9.87. The second kappa shape index (κ2) is 6.06. The van der Waals surface area contributed by atoms with Crippen LogP contribution in [0.5, 0.6) is 5.75 Å². The Labute approximate surface area is 113 Å². The molecule has 0 spiro atoms. The molecule has 4 heteroatoms. The van der Waals surface area contributed by atoms with Crippen LogP contribution in [0.4, 0.5) is 0 Å². The van der Waals surface area contributed by atoms with Crippen LogP contribution in [-0.2, 0) is 4.74 Å². The zero-order chi connectivity index (χ0) is 13.7. The summed E-state index contributed by atoms with van der Waals surface area (Å²) in [6, 6.07) is 7.08. The summed E-state index contributed by atoms with van der Waals surface area (Å²) < 4.78 is 10.5. The van der Waals surface area contributed by atoms with Gasteiger partial charge in [-0.05, 0) is 31.0 Å². The summed E-state index contributed by atoms with van der Waals surface area (Å²) in [5.74, 6) is 0.350. The minimum atomic E-state index is -0.347. The molecule has 104 valence electrons. The van der Waals surface area contributed by atoms with Gasteiger partial charge in [-0.1, -0.05) is 18.9 Å². The van der Waals surface area contributed by atoms with Gasteiger partial charge in [-0.2, -0.15) is 0 Å². The van der Waals surface area contributed by atoms with E-state index >= 15 is 0 Å². The van der Waals surface area contributed by atoms with E-state index in [0.717, 1.165) is 12.8 Å². The molecule has 1 fully saturated rings. The molecule has 0 aliphatic heterocycles. The number of carbonyl (C=O) groups is 1. The molecule has 0 radical (unpaired) electrons. The molecule has 0 atom stereocenters. The Morgan fingerprint density at radius 2 is 2.11 bits per heavy atom. The maximum absolute atomic E-state index is 11.4. The van der Waals surface area contributed by atoms with E-state index in [1.165, 1.54) is 20.0 Å². The highest BCUT2D eigenvalue weighted by Gasteiger charge is 2.33. The molecule has 0 bridgehead atoms. The summed E-state index contributed by atoms with van der Waals surface area (Å²) in [5, 5.41) is 0. The molecule has 2 rings (SSSR count). The van der Waals surface area contributed by atoms with Gasteiger partial charge in [0.1, 0.15) is 5.75 Å². The molecule has 1 aliphatic rings. The third-order valence-electron chi connectivity index (χ3n) is 3.90. The number of hydrogen-bond acceptors (Lipinski definition) is 4. The van der Waals surface area contributed by atoms with Crippen LogP contribution in [0.3, 0.4) is 0 Å². The fourth-order valence-electron chi connectivity index (χ4n) is 2.60. The number of methoxy groups -OCH3 is 1. The van der Waals surface area contributed by atoms with Crippen LogP contribution >= 0.6 is 0 Å². The molecule has 1 aliphatic carbocycles.